The Balaban J connectivity index is 3.50. The first kappa shape index (κ1) is 8.68. The summed E-state index contributed by atoms with van der Waals surface area (Å²) >= 11 is 0. The highest BCUT2D eigenvalue weighted by Gasteiger charge is 1.99. The van der Waals surface area contributed by atoms with E-state index < -0.39 is 18.5 Å². The monoisotopic (exact) mass is 144 g/mol. The lowest BCUT2D eigenvalue weighted by Gasteiger charge is -1.94. The summed E-state index contributed by atoms with van der Waals surface area (Å²) in [4.78, 5) is 20.2. The van der Waals surface area contributed by atoms with Gasteiger partial charge in [-0.15, -0.1) is 0 Å². The van der Waals surface area contributed by atoms with Crippen LogP contribution >= 0.6 is 0 Å². The fraction of sp³-hybridized carbons (Fsp3) is 0.333. The molecule has 0 saturated carbocycles. The molecule has 0 atom stereocenters. The smallest absolute Gasteiger partial charge is 0.341 e. The average Bonchev–Trinajstić information content (AvgIpc) is 1.85. The minimum Gasteiger partial charge on any atom is -0.479 e. The Bertz CT molecular complexity index is 159. The Morgan fingerprint density at radius 2 is 2.20 bits per heavy atom. The van der Waals surface area contributed by atoms with Crippen molar-refractivity contribution in [1.82, 2.24) is 0 Å². The van der Waals surface area contributed by atoms with Crippen LogP contribution in [0.4, 0.5) is 0 Å². The van der Waals surface area contributed by atoms with Gasteiger partial charge in [0.1, 0.15) is 0 Å². The molecule has 4 nitrogen and oxygen atoms in total. The minimum absolute atomic E-state index is 0.580. The van der Waals surface area contributed by atoms with E-state index in [1.54, 1.807) is 6.92 Å². The molecule has 0 bridgehead atoms. The van der Waals surface area contributed by atoms with Crippen LogP contribution in [0.25, 0.3) is 0 Å². The zero-order valence-corrected chi connectivity index (χ0v) is 5.53. The third-order valence-corrected chi connectivity index (χ3v) is 0.641. The van der Waals surface area contributed by atoms with Crippen LogP contribution in [-0.2, 0) is 14.3 Å². The first-order valence-electron chi connectivity index (χ1n) is 2.68. The fourth-order valence-corrected chi connectivity index (χ4v) is 0.317. The van der Waals surface area contributed by atoms with Crippen LogP contribution in [-0.4, -0.2) is 23.7 Å². The minimum atomic E-state index is -1.15. The summed E-state index contributed by atoms with van der Waals surface area (Å²) in [5.74, 6) is -1.79. The molecule has 0 spiro atoms. The van der Waals surface area contributed by atoms with Gasteiger partial charge in [0, 0.05) is 6.08 Å². The van der Waals surface area contributed by atoms with Gasteiger partial charge in [0.2, 0.25) is 0 Å². The number of ether oxygens (including phenoxy) is 1. The van der Waals surface area contributed by atoms with E-state index >= 15 is 0 Å². The fourth-order valence-electron chi connectivity index (χ4n) is 0.317. The van der Waals surface area contributed by atoms with Gasteiger partial charge in [-0.3, -0.25) is 0 Å². The molecule has 10 heavy (non-hydrogen) atoms. The van der Waals surface area contributed by atoms with E-state index in [2.05, 4.69) is 4.74 Å². The first-order chi connectivity index (χ1) is 4.66. The number of carboxylic acids is 1. The van der Waals surface area contributed by atoms with Gasteiger partial charge >= 0.3 is 11.9 Å². The Hall–Kier alpha value is -1.32. The molecular formula is C6H8O4. The highest BCUT2D eigenvalue weighted by atomic mass is 16.5. The summed E-state index contributed by atoms with van der Waals surface area (Å²) in [6.07, 6.45) is 2.63. The molecule has 0 amide bonds. The summed E-state index contributed by atoms with van der Waals surface area (Å²) in [7, 11) is 0. The van der Waals surface area contributed by atoms with Gasteiger partial charge in [-0.2, -0.15) is 0 Å². The summed E-state index contributed by atoms with van der Waals surface area (Å²) in [5, 5.41) is 8.03. The van der Waals surface area contributed by atoms with Gasteiger partial charge in [0.25, 0.3) is 0 Å². The van der Waals surface area contributed by atoms with Crippen molar-refractivity contribution in [2.45, 2.75) is 6.92 Å². The first-order valence-corrected chi connectivity index (χ1v) is 2.68. The number of carbonyl (C=O) groups is 2. The van der Waals surface area contributed by atoms with E-state index in [1.165, 1.54) is 6.08 Å². The quantitative estimate of drug-likeness (QED) is 0.453. The third kappa shape index (κ3) is 4.83. The lowest BCUT2D eigenvalue weighted by molar-refractivity contribution is -0.151. The summed E-state index contributed by atoms with van der Waals surface area (Å²) in [6, 6.07) is 0. The Morgan fingerprint density at radius 3 is 2.60 bits per heavy atom. The number of carboxylic acid groups (broad SMARTS) is 1. The largest absolute Gasteiger partial charge is 0.479 e. The van der Waals surface area contributed by atoms with Gasteiger partial charge in [-0.25, -0.2) is 9.59 Å². The second kappa shape index (κ2) is 4.55. The zero-order chi connectivity index (χ0) is 7.98. The lowest BCUT2D eigenvalue weighted by Crippen LogP contribution is -2.10. The molecule has 0 aromatic carbocycles. The molecule has 0 aliphatic rings. The Labute approximate surface area is 58.1 Å². The van der Waals surface area contributed by atoms with Crippen molar-refractivity contribution in [1.29, 1.82) is 0 Å². The van der Waals surface area contributed by atoms with Crippen LogP contribution in [0.15, 0.2) is 12.2 Å². The molecule has 1 N–H and O–H groups in total. The number of hydrogen-bond donors (Lipinski definition) is 1. The van der Waals surface area contributed by atoms with Gasteiger partial charge in [0.05, 0.1) is 0 Å². The van der Waals surface area contributed by atoms with Crippen LogP contribution in [0, 0.1) is 0 Å². The maximum absolute atomic E-state index is 10.4. The standard InChI is InChI=1S/C6H8O4/c1-2-3-6(9)10-4-5(7)8/h2-3H,4H2,1H3,(H,7,8). The van der Waals surface area contributed by atoms with Crippen LogP contribution in [0.5, 0.6) is 0 Å². The van der Waals surface area contributed by atoms with Crippen LogP contribution in [0.3, 0.4) is 0 Å². The highest BCUT2D eigenvalue weighted by molar-refractivity contribution is 5.83. The molecule has 0 aliphatic heterocycles. The highest BCUT2D eigenvalue weighted by Crippen LogP contribution is 1.80. The van der Waals surface area contributed by atoms with Crippen molar-refractivity contribution < 1.29 is 19.4 Å². The maximum Gasteiger partial charge on any atom is 0.341 e. The van der Waals surface area contributed by atoms with Crippen molar-refractivity contribution in [2.24, 2.45) is 0 Å². The Kier molecular flexibility index (Phi) is 3.95. The average molecular weight is 144 g/mol. The lowest BCUT2D eigenvalue weighted by atomic mass is 10.5. The van der Waals surface area contributed by atoms with Gasteiger partial charge in [-0.1, -0.05) is 6.08 Å². The molecule has 0 aromatic rings. The van der Waals surface area contributed by atoms with Gasteiger partial charge < -0.3 is 9.84 Å². The maximum atomic E-state index is 10.4. The van der Waals surface area contributed by atoms with E-state index in [9.17, 15) is 9.59 Å². The number of aliphatic carboxylic acids is 1. The molecule has 0 radical (unpaired) electrons. The van der Waals surface area contributed by atoms with Gasteiger partial charge in [0.15, 0.2) is 6.61 Å². The second-order valence-corrected chi connectivity index (χ2v) is 1.50. The Morgan fingerprint density at radius 1 is 1.60 bits per heavy atom. The van der Waals surface area contributed by atoms with Crippen molar-refractivity contribution >= 4 is 11.9 Å². The predicted molar refractivity (Wildman–Crippen MR) is 33.4 cm³/mol. The number of carbonyl (C=O) groups excluding carboxylic acids is 1. The third-order valence-electron chi connectivity index (χ3n) is 0.641. The normalized spacial score (nSPS) is 9.70. The summed E-state index contributed by atoms with van der Waals surface area (Å²) < 4.78 is 4.22. The van der Waals surface area contributed by atoms with E-state index in [1.807, 2.05) is 0 Å². The van der Waals surface area contributed by atoms with E-state index in [-0.39, 0.29) is 0 Å². The molecule has 4 heteroatoms. The van der Waals surface area contributed by atoms with E-state index in [4.69, 9.17) is 5.11 Å². The van der Waals surface area contributed by atoms with Crippen molar-refractivity contribution in [3.8, 4) is 0 Å². The van der Waals surface area contributed by atoms with Crippen LogP contribution < -0.4 is 0 Å². The van der Waals surface area contributed by atoms with Crippen molar-refractivity contribution in [2.75, 3.05) is 6.61 Å². The summed E-state index contributed by atoms with van der Waals surface area (Å²) in [5.41, 5.74) is 0. The molecule has 0 unspecified atom stereocenters. The molecule has 0 aromatic heterocycles. The SMILES string of the molecule is CC=CC(=O)OCC(=O)O. The summed E-state index contributed by atoms with van der Waals surface area (Å²) in [6.45, 7) is 1.06. The molecule has 0 heterocycles. The number of rotatable bonds is 3. The van der Waals surface area contributed by atoms with Crippen molar-refractivity contribution in [3.63, 3.8) is 0 Å². The predicted octanol–water partition coefficient (Wildman–Crippen LogP) is 0.190. The van der Waals surface area contributed by atoms with E-state index in [0.717, 1.165) is 6.08 Å². The number of hydrogen-bond acceptors (Lipinski definition) is 3. The van der Waals surface area contributed by atoms with Crippen LogP contribution in [0.2, 0.25) is 0 Å². The molecule has 0 aliphatic carbocycles. The molecule has 0 fully saturated rings. The van der Waals surface area contributed by atoms with Crippen LogP contribution in [0.1, 0.15) is 6.92 Å². The van der Waals surface area contributed by atoms with Gasteiger partial charge in [-0.05, 0) is 6.92 Å². The molecule has 0 saturated heterocycles. The zero-order valence-electron chi connectivity index (χ0n) is 5.53. The topological polar surface area (TPSA) is 63.6 Å². The molecular weight excluding hydrogens is 136 g/mol. The number of esters is 1. The molecule has 0 rings (SSSR count). The second-order valence-electron chi connectivity index (χ2n) is 1.50. The molecule has 56 valence electrons. The van der Waals surface area contributed by atoms with E-state index in [0.29, 0.717) is 0 Å². The number of allylic oxidation sites excluding steroid dienone is 1. The van der Waals surface area contributed by atoms with Crippen molar-refractivity contribution in [3.05, 3.63) is 12.2 Å².